The molecule has 0 aliphatic rings. The van der Waals surface area contributed by atoms with Crippen LogP contribution in [0.2, 0.25) is 0 Å². The molecule has 7 nitrogen and oxygen atoms in total. The highest BCUT2D eigenvalue weighted by molar-refractivity contribution is 14.1. The van der Waals surface area contributed by atoms with Crippen LogP contribution in [0.15, 0.2) is 34.9 Å². The van der Waals surface area contributed by atoms with Gasteiger partial charge in [-0.1, -0.05) is 0 Å². The Bertz CT molecular complexity index is 738. The van der Waals surface area contributed by atoms with Crippen LogP contribution in [-0.2, 0) is 0 Å². The van der Waals surface area contributed by atoms with Crippen LogP contribution in [0.5, 0.6) is 11.6 Å². The lowest BCUT2D eigenvalue weighted by molar-refractivity contribution is -0.385. The van der Waals surface area contributed by atoms with Gasteiger partial charge < -0.3 is 9.84 Å². The molecule has 0 atom stereocenters. The molecule has 1 N–H and O–H groups in total. The molecule has 1 heterocycles. The number of hydrogen-bond donors (Lipinski definition) is 1. The Hall–Kier alpha value is -1.75. The minimum absolute atomic E-state index is 0.0195. The van der Waals surface area contributed by atoms with Gasteiger partial charge in [-0.2, -0.15) is 0 Å². The van der Waals surface area contributed by atoms with E-state index in [1.54, 1.807) is 6.07 Å². The molecule has 0 fully saturated rings. The van der Waals surface area contributed by atoms with E-state index in [-0.39, 0.29) is 27.4 Å². The molecule has 1 aromatic heterocycles. The molecule has 0 aliphatic carbocycles. The van der Waals surface area contributed by atoms with Crippen molar-refractivity contribution in [1.29, 1.82) is 0 Å². The summed E-state index contributed by atoms with van der Waals surface area (Å²) in [4.78, 5) is 25.0. The Kier molecular flexibility index (Phi) is 4.73. The molecule has 0 amide bonds. The van der Waals surface area contributed by atoms with Crippen LogP contribution < -0.4 is 4.74 Å². The summed E-state index contributed by atoms with van der Waals surface area (Å²) in [5.41, 5.74) is -0.218. The van der Waals surface area contributed by atoms with Gasteiger partial charge in [0.1, 0.15) is 17.5 Å². The highest BCUT2D eigenvalue weighted by Crippen LogP contribution is 2.32. The number of rotatable bonds is 4. The van der Waals surface area contributed by atoms with Gasteiger partial charge in [-0.25, -0.2) is 9.78 Å². The van der Waals surface area contributed by atoms with Crippen molar-refractivity contribution in [2.45, 2.75) is 0 Å². The van der Waals surface area contributed by atoms with E-state index in [1.807, 2.05) is 22.6 Å². The van der Waals surface area contributed by atoms with Crippen molar-refractivity contribution in [1.82, 2.24) is 4.98 Å². The SMILES string of the molecule is O=C(O)c1cc(I)ccc1Oc1ncc([N+](=O)[O-])cc1Br. The third-order valence-corrected chi connectivity index (χ3v) is 3.62. The number of nitro groups is 1. The number of pyridine rings is 1. The second-order valence-corrected chi connectivity index (χ2v) is 5.89. The van der Waals surface area contributed by atoms with E-state index in [0.29, 0.717) is 0 Å². The molecule has 21 heavy (non-hydrogen) atoms. The largest absolute Gasteiger partial charge is 0.478 e. The van der Waals surface area contributed by atoms with Gasteiger partial charge in [-0.05, 0) is 56.7 Å². The van der Waals surface area contributed by atoms with Crippen molar-refractivity contribution in [3.05, 3.63) is 54.2 Å². The minimum Gasteiger partial charge on any atom is -0.478 e. The molecule has 0 aliphatic heterocycles. The van der Waals surface area contributed by atoms with E-state index < -0.39 is 10.9 Å². The minimum atomic E-state index is -1.14. The van der Waals surface area contributed by atoms with Crippen LogP contribution in [0, 0.1) is 13.7 Å². The lowest BCUT2D eigenvalue weighted by Gasteiger charge is -2.09. The summed E-state index contributed by atoms with van der Waals surface area (Å²) >= 11 is 5.09. The first-order valence-corrected chi connectivity index (χ1v) is 7.26. The average molecular weight is 465 g/mol. The molecule has 1 aromatic carbocycles. The molecule has 2 aromatic rings. The third kappa shape index (κ3) is 3.67. The van der Waals surface area contributed by atoms with Gasteiger partial charge in [0.05, 0.1) is 9.40 Å². The van der Waals surface area contributed by atoms with E-state index in [0.717, 1.165) is 9.77 Å². The third-order valence-electron chi connectivity index (χ3n) is 2.38. The summed E-state index contributed by atoms with van der Waals surface area (Å²) in [6.07, 6.45) is 1.03. The molecule has 0 saturated heterocycles. The van der Waals surface area contributed by atoms with Gasteiger partial charge in [-0.15, -0.1) is 0 Å². The number of hydrogen-bond acceptors (Lipinski definition) is 5. The summed E-state index contributed by atoms with van der Waals surface area (Å²) < 4.78 is 6.43. The van der Waals surface area contributed by atoms with Crippen LogP contribution in [0.4, 0.5) is 5.69 Å². The topological polar surface area (TPSA) is 103 Å². The molecular weight excluding hydrogens is 459 g/mol. The molecule has 9 heteroatoms. The Balaban J connectivity index is 2.39. The van der Waals surface area contributed by atoms with Crippen LogP contribution >= 0.6 is 38.5 Å². The maximum absolute atomic E-state index is 11.2. The van der Waals surface area contributed by atoms with Crippen LogP contribution in [0.1, 0.15) is 10.4 Å². The number of halogens is 2. The van der Waals surface area contributed by atoms with Crippen molar-refractivity contribution in [3.8, 4) is 11.6 Å². The average Bonchev–Trinajstić information content (AvgIpc) is 2.42. The molecule has 0 unspecified atom stereocenters. The van der Waals surface area contributed by atoms with E-state index in [9.17, 15) is 14.9 Å². The predicted octanol–water partition coefficient (Wildman–Crippen LogP) is 3.85. The van der Waals surface area contributed by atoms with Gasteiger partial charge in [0.2, 0.25) is 5.88 Å². The first kappa shape index (κ1) is 15.6. The number of aromatic nitrogens is 1. The predicted molar refractivity (Wildman–Crippen MR) is 84.8 cm³/mol. The Morgan fingerprint density at radius 2 is 2.14 bits per heavy atom. The molecule has 0 bridgehead atoms. The quantitative estimate of drug-likeness (QED) is 0.419. The summed E-state index contributed by atoms with van der Waals surface area (Å²) in [6.45, 7) is 0. The Morgan fingerprint density at radius 1 is 1.43 bits per heavy atom. The maximum Gasteiger partial charge on any atom is 0.339 e. The Labute approximate surface area is 140 Å². The van der Waals surface area contributed by atoms with E-state index >= 15 is 0 Å². The molecule has 2 rings (SSSR count). The highest BCUT2D eigenvalue weighted by atomic mass is 127. The van der Waals surface area contributed by atoms with Crippen molar-refractivity contribution >= 4 is 50.2 Å². The number of carboxylic acid groups (broad SMARTS) is 1. The number of aromatic carboxylic acids is 1. The first-order valence-electron chi connectivity index (χ1n) is 5.39. The monoisotopic (exact) mass is 464 g/mol. The van der Waals surface area contributed by atoms with E-state index in [4.69, 9.17) is 9.84 Å². The first-order chi connectivity index (χ1) is 9.88. The molecule has 108 valence electrons. The molecule has 0 spiro atoms. The number of ether oxygens (including phenoxy) is 1. The number of carbonyl (C=O) groups is 1. The fourth-order valence-electron chi connectivity index (χ4n) is 1.45. The van der Waals surface area contributed by atoms with Gasteiger partial charge >= 0.3 is 5.97 Å². The number of carboxylic acids is 1. The fourth-order valence-corrected chi connectivity index (χ4v) is 2.36. The Morgan fingerprint density at radius 3 is 2.71 bits per heavy atom. The zero-order valence-corrected chi connectivity index (χ0v) is 13.9. The van der Waals surface area contributed by atoms with Crippen molar-refractivity contribution < 1.29 is 19.6 Å². The highest BCUT2D eigenvalue weighted by Gasteiger charge is 2.16. The van der Waals surface area contributed by atoms with Crippen molar-refractivity contribution in [2.75, 3.05) is 0 Å². The van der Waals surface area contributed by atoms with Gasteiger partial charge in [0, 0.05) is 9.64 Å². The normalized spacial score (nSPS) is 10.2. The molecule has 0 saturated carbocycles. The molecule has 0 radical (unpaired) electrons. The zero-order chi connectivity index (χ0) is 15.6. The van der Waals surface area contributed by atoms with Crippen LogP contribution in [0.25, 0.3) is 0 Å². The zero-order valence-electron chi connectivity index (χ0n) is 10.1. The fraction of sp³-hybridized carbons (Fsp3) is 0. The smallest absolute Gasteiger partial charge is 0.339 e. The number of benzene rings is 1. The van der Waals surface area contributed by atoms with Gasteiger partial charge in [0.15, 0.2) is 0 Å². The molecular formula is C12H6BrIN2O5. The van der Waals surface area contributed by atoms with Gasteiger partial charge in [0.25, 0.3) is 5.69 Å². The van der Waals surface area contributed by atoms with Crippen LogP contribution in [-0.4, -0.2) is 21.0 Å². The van der Waals surface area contributed by atoms with Crippen LogP contribution in [0.3, 0.4) is 0 Å². The van der Waals surface area contributed by atoms with E-state index in [1.165, 1.54) is 18.2 Å². The standard InChI is InChI=1S/C12H6BrIN2O5/c13-9-4-7(16(19)20)5-15-11(9)21-10-2-1-6(14)3-8(10)12(17)18/h1-5H,(H,17,18). The van der Waals surface area contributed by atoms with Crippen molar-refractivity contribution in [3.63, 3.8) is 0 Å². The maximum atomic E-state index is 11.2. The lowest BCUT2D eigenvalue weighted by Crippen LogP contribution is -2.01. The lowest BCUT2D eigenvalue weighted by atomic mass is 10.2. The summed E-state index contributed by atoms with van der Waals surface area (Å²) in [5, 5.41) is 19.8. The summed E-state index contributed by atoms with van der Waals surface area (Å²) in [6, 6.07) is 5.87. The van der Waals surface area contributed by atoms with Crippen molar-refractivity contribution in [2.24, 2.45) is 0 Å². The summed E-state index contributed by atoms with van der Waals surface area (Å²) in [5.74, 6) is -0.990. The second kappa shape index (κ2) is 6.35. The number of nitrogens with zero attached hydrogens (tertiary/aromatic N) is 2. The summed E-state index contributed by atoms with van der Waals surface area (Å²) in [7, 11) is 0. The van der Waals surface area contributed by atoms with Gasteiger partial charge in [-0.3, -0.25) is 10.1 Å². The second-order valence-electron chi connectivity index (χ2n) is 3.79. The van der Waals surface area contributed by atoms with E-state index in [2.05, 4.69) is 20.9 Å².